The number of hydrogen-bond donors (Lipinski definition) is 1. The quantitative estimate of drug-likeness (QED) is 0.890. The molecule has 2 heterocycles. The molecule has 1 aromatic heterocycles. The maximum atomic E-state index is 13.1. The lowest BCUT2D eigenvalue weighted by atomic mass is 10.2. The van der Waals surface area contributed by atoms with Crippen LogP contribution >= 0.6 is 0 Å². The van der Waals surface area contributed by atoms with Crippen LogP contribution in [0.4, 0.5) is 4.39 Å². The Balaban J connectivity index is 1.68. The number of benzene rings is 1. The summed E-state index contributed by atoms with van der Waals surface area (Å²) in [5.41, 5.74) is 0.909. The lowest BCUT2D eigenvalue weighted by molar-refractivity contribution is 0.138. The number of β-amino-alcohol motifs (C(OH)–C–C–N with tert-alkyl or cyclic N) is 1. The first-order chi connectivity index (χ1) is 9.22. The second-order valence-electron chi connectivity index (χ2n) is 4.84. The molecule has 1 aromatic carbocycles. The highest BCUT2D eigenvalue weighted by molar-refractivity contribution is 5.16. The van der Waals surface area contributed by atoms with Crippen LogP contribution in [0.2, 0.25) is 0 Å². The third-order valence-corrected chi connectivity index (χ3v) is 3.41. The molecule has 1 aliphatic heterocycles. The van der Waals surface area contributed by atoms with Crippen LogP contribution in [-0.4, -0.2) is 44.2 Å². The van der Waals surface area contributed by atoms with Gasteiger partial charge in [0.1, 0.15) is 5.82 Å². The van der Waals surface area contributed by atoms with Crippen LogP contribution < -0.4 is 0 Å². The number of likely N-dealkylation sites (tertiary alicyclic amines) is 1. The third kappa shape index (κ3) is 2.64. The molecule has 0 bridgehead atoms. The summed E-state index contributed by atoms with van der Waals surface area (Å²) in [6.45, 7) is 1.86. The SMILES string of the molecule is O[C@@H]1CN(Cc2cccc(F)c2)C[C@H]1n1ccnn1. The number of hydrogen-bond acceptors (Lipinski definition) is 4. The van der Waals surface area contributed by atoms with E-state index in [1.54, 1.807) is 23.1 Å². The minimum absolute atomic E-state index is 0.0870. The van der Waals surface area contributed by atoms with Crippen LogP contribution in [0.25, 0.3) is 0 Å². The summed E-state index contributed by atoms with van der Waals surface area (Å²) in [5.74, 6) is -0.231. The molecule has 1 aliphatic rings. The highest BCUT2D eigenvalue weighted by Crippen LogP contribution is 2.22. The van der Waals surface area contributed by atoms with Crippen LogP contribution in [0.3, 0.4) is 0 Å². The summed E-state index contributed by atoms with van der Waals surface area (Å²) in [5, 5.41) is 17.7. The molecule has 1 fully saturated rings. The molecule has 5 nitrogen and oxygen atoms in total. The van der Waals surface area contributed by atoms with E-state index in [2.05, 4.69) is 15.2 Å². The highest BCUT2D eigenvalue weighted by atomic mass is 19.1. The fraction of sp³-hybridized carbons (Fsp3) is 0.385. The molecule has 19 heavy (non-hydrogen) atoms. The molecular formula is C13H15FN4O. The standard InChI is InChI=1S/C13H15FN4O/c14-11-3-1-2-10(6-11)7-17-8-12(13(19)9-17)18-5-4-15-16-18/h1-6,12-13,19H,7-9H2/t12-,13-/m1/s1. The monoisotopic (exact) mass is 262 g/mol. The topological polar surface area (TPSA) is 54.2 Å². The van der Waals surface area contributed by atoms with Gasteiger partial charge in [-0.25, -0.2) is 9.07 Å². The fourth-order valence-electron chi connectivity index (χ4n) is 2.52. The van der Waals surface area contributed by atoms with E-state index in [0.29, 0.717) is 19.6 Å². The Morgan fingerprint density at radius 3 is 3.00 bits per heavy atom. The summed E-state index contributed by atoms with van der Waals surface area (Å²) in [7, 11) is 0. The van der Waals surface area contributed by atoms with Crippen molar-refractivity contribution in [1.82, 2.24) is 19.9 Å². The number of rotatable bonds is 3. The largest absolute Gasteiger partial charge is 0.390 e. The molecule has 0 saturated carbocycles. The van der Waals surface area contributed by atoms with Gasteiger partial charge >= 0.3 is 0 Å². The van der Waals surface area contributed by atoms with Crippen molar-refractivity contribution in [2.45, 2.75) is 18.7 Å². The lowest BCUT2D eigenvalue weighted by Gasteiger charge is -2.15. The minimum atomic E-state index is -0.477. The predicted octanol–water partition coefficient (Wildman–Crippen LogP) is 0.835. The second kappa shape index (κ2) is 5.07. The van der Waals surface area contributed by atoms with Crippen LogP contribution in [0, 0.1) is 5.82 Å². The van der Waals surface area contributed by atoms with E-state index in [9.17, 15) is 9.50 Å². The van der Waals surface area contributed by atoms with Crippen molar-refractivity contribution >= 4 is 0 Å². The normalized spacial score (nSPS) is 23.9. The van der Waals surface area contributed by atoms with Crippen molar-refractivity contribution in [2.75, 3.05) is 13.1 Å². The molecule has 0 radical (unpaired) electrons. The third-order valence-electron chi connectivity index (χ3n) is 3.41. The Morgan fingerprint density at radius 1 is 1.37 bits per heavy atom. The number of nitrogens with zero attached hydrogens (tertiary/aromatic N) is 4. The Morgan fingerprint density at radius 2 is 2.26 bits per heavy atom. The van der Waals surface area contributed by atoms with Crippen molar-refractivity contribution in [3.63, 3.8) is 0 Å². The highest BCUT2D eigenvalue weighted by Gasteiger charge is 2.32. The first-order valence-corrected chi connectivity index (χ1v) is 6.23. The zero-order chi connectivity index (χ0) is 13.2. The molecule has 6 heteroatoms. The maximum Gasteiger partial charge on any atom is 0.123 e. The number of aromatic nitrogens is 3. The number of aliphatic hydroxyl groups excluding tert-OH is 1. The molecule has 0 amide bonds. The van der Waals surface area contributed by atoms with Crippen LogP contribution in [-0.2, 0) is 6.54 Å². The summed E-state index contributed by atoms with van der Waals surface area (Å²) in [6.07, 6.45) is 2.87. The van der Waals surface area contributed by atoms with E-state index < -0.39 is 6.10 Å². The predicted molar refractivity (Wildman–Crippen MR) is 66.7 cm³/mol. The molecule has 3 rings (SSSR count). The average Bonchev–Trinajstić information content (AvgIpc) is 2.98. The smallest absolute Gasteiger partial charge is 0.123 e. The molecule has 2 atom stereocenters. The first-order valence-electron chi connectivity index (χ1n) is 6.23. The summed E-state index contributed by atoms with van der Waals surface area (Å²) in [4.78, 5) is 2.09. The van der Waals surface area contributed by atoms with E-state index in [-0.39, 0.29) is 11.9 Å². The maximum absolute atomic E-state index is 13.1. The van der Waals surface area contributed by atoms with Gasteiger partial charge in [0, 0.05) is 25.8 Å². The Labute approximate surface area is 110 Å². The second-order valence-corrected chi connectivity index (χ2v) is 4.84. The van der Waals surface area contributed by atoms with Gasteiger partial charge in [-0.3, -0.25) is 4.90 Å². The van der Waals surface area contributed by atoms with Gasteiger partial charge < -0.3 is 5.11 Å². The van der Waals surface area contributed by atoms with Gasteiger partial charge in [-0.1, -0.05) is 17.3 Å². The van der Waals surface area contributed by atoms with Crippen molar-refractivity contribution in [1.29, 1.82) is 0 Å². The Kier molecular flexibility index (Phi) is 3.27. The molecule has 0 unspecified atom stereocenters. The van der Waals surface area contributed by atoms with Crippen molar-refractivity contribution in [2.24, 2.45) is 0 Å². The van der Waals surface area contributed by atoms with Crippen molar-refractivity contribution < 1.29 is 9.50 Å². The number of aliphatic hydroxyl groups is 1. The summed E-state index contributed by atoms with van der Waals surface area (Å²) >= 11 is 0. The van der Waals surface area contributed by atoms with Crippen molar-refractivity contribution in [3.05, 3.63) is 48.0 Å². The van der Waals surface area contributed by atoms with E-state index in [1.165, 1.54) is 12.1 Å². The van der Waals surface area contributed by atoms with E-state index in [0.717, 1.165) is 5.56 Å². The summed E-state index contributed by atoms with van der Waals surface area (Å²) < 4.78 is 14.8. The Bertz CT molecular complexity index is 545. The molecule has 0 aliphatic carbocycles. The van der Waals surface area contributed by atoms with Gasteiger partial charge in [0.25, 0.3) is 0 Å². The number of halogens is 1. The average molecular weight is 262 g/mol. The minimum Gasteiger partial charge on any atom is -0.390 e. The lowest BCUT2D eigenvalue weighted by Crippen LogP contribution is -2.22. The molecule has 100 valence electrons. The Hall–Kier alpha value is -1.79. The molecular weight excluding hydrogens is 247 g/mol. The molecule has 0 spiro atoms. The molecule has 2 aromatic rings. The zero-order valence-electron chi connectivity index (χ0n) is 10.4. The van der Waals surface area contributed by atoms with E-state index >= 15 is 0 Å². The van der Waals surface area contributed by atoms with Gasteiger partial charge in [-0.2, -0.15) is 0 Å². The van der Waals surface area contributed by atoms with Gasteiger partial charge in [0.05, 0.1) is 18.3 Å². The van der Waals surface area contributed by atoms with Crippen LogP contribution in [0.1, 0.15) is 11.6 Å². The van der Waals surface area contributed by atoms with E-state index in [4.69, 9.17) is 0 Å². The first kappa shape index (κ1) is 12.3. The van der Waals surface area contributed by atoms with Gasteiger partial charge in [-0.05, 0) is 17.7 Å². The molecule has 1 N–H and O–H groups in total. The fourth-order valence-corrected chi connectivity index (χ4v) is 2.52. The van der Waals surface area contributed by atoms with E-state index in [1.807, 2.05) is 6.07 Å². The van der Waals surface area contributed by atoms with Gasteiger partial charge in [-0.15, -0.1) is 5.10 Å². The van der Waals surface area contributed by atoms with Crippen LogP contribution in [0.5, 0.6) is 0 Å². The van der Waals surface area contributed by atoms with Gasteiger partial charge in [0.15, 0.2) is 0 Å². The summed E-state index contributed by atoms with van der Waals surface area (Å²) in [6, 6.07) is 6.45. The van der Waals surface area contributed by atoms with Crippen LogP contribution in [0.15, 0.2) is 36.7 Å². The molecule has 1 saturated heterocycles. The van der Waals surface area contributed by atoms with Gasteiger partial charge in [0.2, 0.25) is 0 Å². The zero-order valence-corrected chi connectivity index (χ0v) is 10.4. The van der Waals surface area contributed by atoms with Crippen molar-refractivity contribution in [3.8, 4) is 0 Å².